The molecule has 3 atom stereocenters. The van der Waals surface area contributed by atoms with Crippen molar-refractivity contribution >= 4 is 5.97 Å². The molecule has 0 aromatic rings. The van der Waals surface area contributed by atoms with Gasteiger partial charge in [0.2, 0.25) is 0 Å². The Kier molecular flexibility index (Phi) is 8.22. The third-order valence-corrected chi connectivity index (χ3v) is 4.33. The average molecular weight is 304 g/mol. The molecule has 0 bridgehead atoms. The summed E-state index contributed by atoms with van der Waals surface area (Å²) in [6.45, 7) is 10.7. The zero-order valence-electron chi connectivity index (χ0n) is 14.9. The Hall–Kier alpha value is -1.31. The minimum Gasteiger partial charge on any atom is -0.462 e. The molecule has 0 radical (unpaired) electrons. The van der Waals surface area contributed by atoms with Crippen LogP contribution >= 0.6 is 0 Å². The fraction of sp³-hybridized carbons (Fsp3) is 0.650. The monoisotopic (exact) mass is 304 g/mol. The van der Waals surface area contributed by atoms with Gasteiger partial charge in [-0.05, 0) is 52.4 Å². The summed E-state index contributed by atoms with van der Waals surface area (Å²) >= 11 is 0. The standard InChI is InChI=1S/C20H32O2/c1-15-8-6-9-16(2)14-17(3)10-7-11-18(4)19(5)22-20(21)13-12-15/h7-8,11,14,17-19H,6,9-10,12-13H2,1-5H3/b11-7+,15-8+,16-14+/t17-,18+,19+/m1/s1. The molecule has 1 heterocycles. The predicted octanol–water partition coefficient (Wildman–Crippen LogP) is 5.60. The lowest BCUT2D eigenvalue weighted by atomic mass is 9.99. The molecule has 0 saturated heterocycles. The third-order valence-electron chi connectivity index (χ3n) is 4.33. The molecule has 1 aliphatic heterocycles. The zero-order valence-corrected chi connectivity index (χ0v) is 14.9. The van der Waals surface area contributed by atoms with Crippen molar-refractivity contribution in [3.05, 3.63) is 35.5 Å². The lowest BCUT2D eigenvalue weighted by Crippen LogP contribution is -2.20. The Morgan fingerprint density at radius 2 is 1.77 bits per heavy atom. The minimum atomic E-state index is -0.0861. The van der Waals surface area contributed by atoms with Crippen LogP contribution in [-0.2, 0) is 9.53 Å². The van der Waals surface area contributed by atoms with Gasteiger partial charge in [0.05, 0.1) is 0 Å². The molecule has 0 aromatic heterocycles. The smallest absolute Gasteiger partial charge is 0.306 e. The first-order valence-electron chi connectivity index (χ1n) is 8.57. The van der Waals surface area contributed by atoms with Crippen LogP contribution in [-0.4, -0.2) is 12.1 Å². The van der Waals surface area contributed by atoms with Gasteiger partial charge < -0.3 is 4.74 Å². The number of carbonyl (C=O) groups excluding carboxylic acids is 1. The SMILES string of the molecule is C/C1=C\[C@H](C)C/C=C/[C@H](C)[C@H](C)OC(=O)CC/C(C)=C/CC1. The largest absolute Gasteiger partial charge is 0.462 e. The third kappa shape index (κ3) is 7.63. The molecule has 0 N–H and O–H groups in total. The van der Waals surface area contributed by atoms with E-state index in [2.05, 4.69) is 52.0 Å². The average Bonchev–Trinajstić information content (AvgIpc) is 2.43. The molecule has 0 spiro atoms. The molecule has 0 aromatic carbocycles. The first kappa shape index (κ1) is 18.7. The summed E-state index contributed by atoms with van der Waals surface area (Å²) in [5, 5.41) is 0. The van der Waals surface area contributed by atoms with Gasteiger partial charge in [0.25, 0.3) is 0 Å². The van der Waals surface area contributed by atoms with Gasteiger partial charge in [-0.15, -0.1) is 0 Å². The number of allylic oxidation sites excluding steroid dienone is 5. The van der Waals surface area contributed by atoms with E-state index in [0.717, 1.165) is 25.7 Å². The maximum atomic E-state index is 11.9. The maximum Gasteiger partial charge on any atom is 0.306 e. The number of ether oxygens (including phenoxy) is 1. The fourth-order valence-electron chi connectivity index (χ4n) is 2.62. The Bertz CT molecular complexity index is 443. The summed E-state index contributed by atoms with van der Waals surface area (Å²) in [4.78, 5) is 11.9. The molecule has 2 nitrogen and oxygen atoms in total. The molecule has 124 valence electrons. The van der Waals surface area contributed by atoms with Crippen LogP contribution in [0.25, 0.3) is 0 Å². The van der Waals surface area contributed by atoms with Gasteiger partial charge in [-0.2, -0.15) is 0 Å². The van der Waals surface area contributed by atoms with Crippen molar-refractivity contribution in [3.63, 3.8) is 0 Å². The highest BCUT2D eigenvalue weighted by molar-refractivity contribution is 5.69. The lowest BCUT2D eigenvalue weighted by molar-refractivity contribution is -0.149. The van der Waals surface area contributed by atoms with Crippen molar-refractivity contribution in [1.29, 1.82) is 0 Å². The number of carbonyl (C=O) groups is 1. The van der Waals surface area contributed by atoms with Crippen LogP contribution in [0.2, 0.25) is 0 Å². The molecule has 0 amide bonds. The first-order chi connectivity index (χ1) is 10.4. The second kappa shape index (κ2) is 9.66. The molecule has 1 rings (SSSR count). The van der Waals surface area contributed by atoms with Gasteiger partial charge in [-0.3, -0.25) is 4.79 Å². The van der Waals surface area contributed by atoms with E-state index >= 15 is 0 Å². The van der Waals surface area contributed by atoms with Gasteiger partial charge in [0.1, 0.15) is 6.10 Å². The highest BCUT2D eigenvalue weighted by Gasteiger charge is 2.14. The second-order valence-corrected chi connectivity index (χ2v) is 6.80. The van der Waals surface area contributed by atoms with Gasteiger partial charge in [0, 0.05) is 12.3 Å². The minimum absolute atomic E-state index is 0.0616. The van der Waals surface area contributed by atoms with E-state index in [1.165, 1.54) is 11.1 Å². The van der Waals surface area contributed by atoms with Crippen LogP contribution in [0.4, 0.5) is 0 Å². The predicted molar refractivity (Wildman–Crippen MR) is 93.6 cm³/mol. The van der Waals surface area contributed by atoms with Gasteiger partial charge in [-0.1, -0.05) is 49.3 Å². The van der Waals surface area contributed by atoms with Crippen LogP contribution in [0.3, 0.4) is 0 Å². The molecule has 2 heteroatoms. The van der Waals surface area contributed by atoms with E-state index in [9.17, 15) is 4.79 Å². The van der Waals surface area contributed by atoms with E-state index in [4.69, 9.17) is 4.74 Å². The van der Waals surface area contributed by atoms with Crippen LogP contribution in [0.15, 0.2) is 35.5 Å². The van der Waals surface area contributed by atoms with Crippen LogP contribution in [0, 0.1) is 11.8 Å². The quantitative estimate of drug-likeness (QED) is 0.430. The van der Waals surface area contributed by atoms with Crippen molar-refractivity contribution < 1.29 is 9.53 Å². The van der Waals surface area contributed by atoms with Crippen molar-refractivity contribution in [2.24, 2.45) is 11.8 Å². The van der Waals surface area contributed by atoms with E-state index in [-0.39, 0.29) is 18.0 Å². The van der Waals surface area contributed by atoms with Crippen molar-refractivity contribution in [2.75, 3.05) is 0 Å². The molecule has 1 aliphatic rings. The highest BCUT2D eigenvalue weighted by atomic mass is 16.5. The summed E-state index contributed by atoms with van der Waals surface area (Å²) in [7, 11) is 0. The topological polar surface area (TPSA) is 26.3 Å². The van der Waals surface area contributed by atoms with Crippen molar-refractivity contribution in [1.82, 2.24) is 0 Å². The Morgan fingerprint density at radius 3 is 2.50 bits per heavy atom. The Labute approximate surface area is 136 Å². The lowest BCUT2D eigenvalue weighted by Gasteiger charge is -2.18. The van der Waals surface area contributed by atoms with Gasteiger partial charge >= 0.3 is 5.97 Å². The van der Waals surface area contributed by atoms with Crippen LogP contribution in [0.1, 0.15) is 66.7 Å². The van der Waals surface area contributed by atoms with Crippen molar-refractivity contribution in [2.45, 2.75) is 72.8 Å². The molecule has 22 heavy (non-hydrogen) atoms. The van der Waals surface area contributed by atoms with Gasteiger partial charge in [-0.25, -0.2) is 0 Å². The van der Waals surface area contributed by atoms with Crippen LogP contribution in [0.5, 0.6) is 0 Å². The van der Waals surface area contributed by atoms with E-state index < -0.39 is 0 Å². The number of rotatable bonds is 0. The summed E-state index contributed by atoms with van der Waals surface area (Å²) in [6, 6.07) is 0. The first-order valence-corrected chi connectivity index (χ1v) is 8.57. The highest BCUT2D eigenvalue weighted by Crippen LogP contribution is 2.17. The van der Waals surface area contributed by atoms with Crippen LogP contribution < -0.4 is 0 Å². The van der Waals surface area contributed by atoms with Crippen molar-refractivity contribution in [3.8, 4) is 0 Å². The Balaban J connectivity index is 2.78. The zero-order chi connectivity index (χ0) is 16.5. The maximum absolute atomic E-state index is 11.9. The molecule has 0 aliphatic carbocycles. The number of hydrogen-bond acceptors (Lipinski definition) is 2. The summed E-state index contributed by atoms with van der Waals surface area (Å²) in [5.74, 6) is 0.724. The summed E-state index contributed by atoms with van der Waals surface area (Å²) in [6.07, 6.45) is 13.5. The Morgan fingerprint density at radius 1 is 1.05 bits per heavy atom. The second-order valence-electron chi connectivity index (χ2n) is 6.80. The molecular weight excluding hydrogens is 272 g/mol. The van der Waals surface area contributed by atoms with E-state index in [1.807, 2.05) is 6.92 Å². The number of cyclic esters (lactones) is 1. The number of esters is 1. The van der Waals surface area contributed by atoms with E-state index in [0.29, 0.717) is 12.3 Å². The summed E-state index contributed by atoms with van der Waals surface area (Å²) < 4.78 is 5.53. The van der Waals surface area contributed by atoms with E-state index in [1.54, 1.807) is 0 Å². The number of hydrogen-bond donors (Lipinski definition) is 0. The molecule has 0 fully saturated rings. The normalized spacial score (nSPS) is 35.7. The molecule has 0 saturated carbocycles. The molecule has 0 unspecified atom stereocenters. The molecular formula is C20H32O2. The summed E-state index contributed by atoms with van der Waals surface area (Å²) in [5.41, 5.74) is 2.74. The van der Waals surface area contributed by atoms with Gasteiger partial charge in [0.15, 0.2) is 0 Å². The fourth-order valence-corrected chi connectivity index (χ4v) is 2.62.